The Morgan fingerprint density at radius 3 is 2.14 bits per heavy atom. The molecule has 0 unspecified atom stereocenters. The number of nitrogens with one attached hydrogen (secondary N) is 1. The molecule has 1 aliphatic rings. The molecule has 0 aliphatic carbocycles. The molecule has 1 saturated heterocycles. The summed E-state index contributed by atoms with van der Waals surface area (Å²) < 4.78 is 0. The fourth-order valence-electron chi connectivity index (χ4n) is 2.90. The maximum Gasteiger partial charge on any atom is 0.227 e. The van der Waals surface area contributed by atoms with Gasteiger partial charge in [-0.2, -0.15) is 0 Å². The summed E-state index contributed by atoms with van der Waals surface area (Å²) in [6.45, 7) is 9.73. The lowest BCUT2D eigenvalue weighted by atomic mass is 9.81. The first-order valence-corrected chi connectivity index (χ1v) is 8.20. The van der Waals surface area contributed by atoms with Crippen LogP contribution in [0, 0.1) is 11.3 Å². The first-order chi connectivity index (χ1) is 9.90. The normalized spacial score (nSPS) is 17.1. The van der Waals surface area contributed by atoms with Gasteiger partial charge in [-0.1, -0.05) is 27.7 Å². The highest BCUT2D eigenvalue weighted by atomic mass is 16.2. The van der Waals surface area contributed by atoms with Crippen molar-refractivity contribution in [2.24, 2.45) is 17.1 Å². The van der Waals surface area contributed by atoms with Crippen LogP contribution in [0.5, 0.6) is 0 Å². The minimum Gasteiger partial charge on any atom is -0.353 e. The third-order valence-corrected chi connectivity index (χ3v) is 4.86. The molecule has 0 atom stereocenters. The number of likely N-dealkylation sites (tertiary alicyclic amines) is 1. The first-order valence-electron chi connectivity index (χ1n) is 8.20. The number of carbonyl (C=O) groups excluding carboxylic acids is 2. The Balaban J connectivity index is 2.52. The highest BCUT2D eigenvalue weighted by Crippen LogP contribution is 2.26. The molecule has 1 heterocycles. The zero-order chi connectivity index (χ0) is 16.0. The predicted molar refractivity (Wildman–Crippen MR) is 84.7 cm³/mol. The summed E-state index contributed by atoms with van der Waals surface area (Å²) in [6.07, 6.45) is 3.18. The van der Waals surface area contributed by atoms with Gasteiger partial charge in [-0.25, -0.2) is 0 Å². The lowest BCUT2D eigenvalue weighted by Crippen LogP contribution is -2.52. The Kier molecular flexibility index (Phi) is 6.65. The van der Waals surface area contributed by atoms with Crippen molar-refractivity contribution in [3.05, 3.63) is 0 Å². The molecule has 2 amide bonds. The van der Waals surface area contributed by atoms with Gasteiger partial charge < -0.3 is 16.0 Å². The fraction of sp³-hybridized carbons (Fsp3) is 0.875. The van der Waals surface area contributed by atoms with Crippen LogP contribution in [0.15, 0.2) is 0 Å². The largest absolute Gasteiger partial charge is 0.353 e. The number of nitrogens with two attached hydrogens (primary N) is 1. The average Bonchev–Trinajstić information content (AvgIpc) is 2.49. The minimum atomic E-state index is -0.440. The van der Waals surface area contributed by atoms with Gasteiger partial charge in [0.15, 0.2) is 0 Å². The van der Waals surface area contributed by atoms with Gasteiger partial charge in [0.05, 0.1) is 5.41 Å². The molecule has 1 fully saturated rings. The molecular formula is C16H31N3O2. The maximum atomic E-state index is 12.5. The summed E-state index contributed by atoms with van der Waals surface area (Å²) in [7, 11) is 0. The second kappa shape index (κ2) is 7.78. The van der Waals surface area contributed by atoms with E-state index >= 15 is 0 Å². The zero-order valence-corrected chi connectivity index (χ0v) is 13.9. The summed E-state index contributed by atoms with van der Waals surface area (Å²) >= 11 is 0. The predicted octanol–water partition coefficient (Wildman–Crippen LogP) is 1.51. The van der Waals surface area contributed by atoms with E-state index < -0.39 is 5.41 Å². The number of nitrogens with zero attached hydrogens (tertiary/aromatic N) is 1. The van der Waals surface area contributed by atoms with Crippen molar-refractivity contribution in [2.45, 2.75) is 59.4 Å². The standard InChI is InChI=1S/C16H31N3O2/c1-5-16(6-2,11-17)15(21)18-13-7-9-19(10-8-13)14(20)12(3)4/h12-13H,5-11,17H2,1-4H3,(H,18,21). The SMILES string of the molecule is CCC(CC)(CN)C(=O)NC1CCN(C(=O)C(C)C)CC1. The molecule has 0 radical (unpaired) electrons. The number of carbonyl (C=O) groups is 2. The van der Waals surface area contributed by atoms with Crippen molar-refractivity contribution in [1.82, 2.24) is 10.2 Å². The number of amides is 2. The molecule has 5 heteroatoms. The van der Waals surface area contributed by atoms with E-state index in [2.05, 4.69) is 5.32 Å². The fourth-order valence-corrected chi connectivity index (χ4v) is 2.90. The second-order valence-corrected chi connectivity index (χ2v) is 6.42. The van der Waals surface area contributed by atoms with Crippen molar-refractivity contribution in [3.63, 3.8) is 0 Å². The molecule has 5 nitrogen and oxygen atoms in total. The van der Waals surface area contributed by atoms with Gasteiger partial charge in [0.25, 0.3) is 0 Å². The molecule has 0 bridgehead atoms. The van der Waals surface area contributed by atoms with Crippen molar-refractivity contribution in [1.29, 1.82) is 0 Å². The van der Waals surface area contributed by atoms with E-state index in [4.69, 9.17) is 5.73 Å². The summed E-state index contributed by atoms with van der Waals surface area (Å²) in [5.41, 5.74) is 5.38. The number of piperidine rings is 1. The van der Waals surface area contributed by atoms with Crippen LogP contribution in [0.2, 0.25) is 0 Å². The van der Waals surface area contributed by atoms with E-state index in [-0.39, 0.29) is 23.8 Å². The second-order valence-electron chi connectivity index (χ2n) is 6.42. The van der Waals surface area contributed by atoms with Gasteiger partial charge >= 0.3 is 0 Å². The lowest BCUT2D eigenvalue weighted by Gasteiger charge is -2.36. The van der Waals surface area contributed by atoms with E-state index in [0.29, 0.717) is 6.54 Å². The topological polar surface area (TPSA) is 75.4 Å². The Morgan fingerprint density at radius 2 is 1.76 bits per heavy atom. The Labute approximate surface area is 128 Å². The molecule has 3 N–H and O–H groups in total. The molecule has 1 rings (SSSR count). The van der Waals surface area contributed by atoms with E-state index in [1.165, 1.54) is 0 Å². The molecule has 0 aromatic heterocycles. The monoisotopic (exact) mass is 297 g/mol. The average molecular weight is 297 g/mol. The van der Waals surface area contributed by atoms with Crippen LogP contribution in [0.3, 0.4) is 0 Å². The van der Waals surface area contributed by atoms with Crippen LogP contribution in [-0.2, 0) is 9.59 Å². The van der Waals surface area contributed by atoms with Gasteiger partial charge in [0, 0.05) is 31.6 Å². The van der Waals surface area contributed by atoms with Crippen LogP contribution in [0.4, 0.5) is 0 Å². The van der Waals surface area contributed by atoms with Gasteiger partial charge in [-0.05, 0) is 25.7 Å². The smallest absolute Gasteiger partial charge is 0.227 e. The van der Waals surface area contributed by atoms with Crippen LogP contribution < -0.4 is 11.1 Å². The van der Waals surface area contributed by atoms with E-state index in [1.54, 1.807) is 0 Å². The van der Waals surface area contributed by atoms with Crippen molar-refractivity contribution in [3.8, 4) is 0 Å². The Bertz CT molecular complexity index is 348. The summed E-state index contributed by atoms with van der Waals surface area (Å²) in [5.74, 6) is 0.322. The van der Waals surface area contributed by atoms with Gasteiger partial charge in [-0.3, -0.25) is 9.59 Å². The quantitative estimate of drug-likeness (QED) is 0.780. The van der Waals surface area contributed by atoms with Crippen molar-refractivity contribution >= 4 is 11.8 Å². The van der Waals surface area contributed by atoms with Crippen molar-refractivity contribution in [2.75, 3.05) is 19.6 Å². The van der Waals surface area contributed by atoms with Crippen molar-refractivity contribution < 1.29 is 9.59 Å². The Morgan fingerprint density at radius 1 is 1.24 bits per heavy atom. The lowest BCUT2D eigenvalue weighted by molar-refractivity contribution is -0.136. The van der Waals surface area contributed by atoms with Crippen LogP contribution in [0.25, 0.3) is 0 Å². The molecule has 0 aromatic carbocycles. The highest BCUT2D eigenvalue weighted by molar-refractivity contribution is 5.83. The third-order valence-electron chi connectivity index (χ3n) is 4.86. The van der Waals surface area contributed by atoms with E-state index in [0.717, 1.165) is 38.8 Å². The summed E-state index contributed by atoms with van der Waals surface area (Å²) in [4.78, 5) is 26.3. The molecule has 122 valence electrons. The molecule has 21 heavy (non-hydrogen) atoms. The Hall–Kier alpha value is -1.10. The van der Waals surface area contributed by atoms with Gasteiger partial charge in [0.2, 0.25) is 11.8 Å². The highest BCUT2D eigenvalue weighted by Gasteiger charge is 2.35. The van der Waals surface area contributed by atoms with Gasteiger partial charge in [0.1, 0.15) is 0 Å². The third kappa shape index (κ3) is 4.19. The van der Waals surface area contributed by atoms with Gasteiger partial charge in [-0.15, -0.1) is 0 Å². The number of hydrogen-bond donors (Lipinski definition) is 2. The number of rotatable bonds is 6. The number of hydrogen-bond acceptors (Lipinski definition) is 3. The molecule has 0 saturated carbocycles. The molecular weight excluding hydrogens is 266 g/mol. The van der Waals surface area contributed by atoms with Crippen LogP contribution >= 0.6 is 0 Å². The van der Waals surface area contributed by atoms with E-state index in [9.17, 15) is 9.59 Å². The zero-order valence-electron chi connectivity index (χ0n) is 13.9. The molecule has 0 aromatic rings. The van der Waals surface area contributed by atoms with Crippen LogP contribution in [0.1, 0.15) is 53.4 Å². The first kappa shape index (κ1) is 18.0. The maximum absolute atomic E-state index is 12.5. The van der Waals surface area contributed by atoms with E-state index in [1.807, 2.05) is 32.6 Å². The van der Waals surface area contributed by atoms with Crippen LogP contribution in [-0.4, -0.2) is 42.4 Å². The minimum absolute atomic E-state index is 0.0428. The summed E-state index contributed by atoms with van der Waals surface area (Å²) in [6, 6.07) is 0.165. The molecule has 0 spiro atoms. The summed E-state index contributed by atoms with van der Waals surface area (Å²) in [5, 5.41) is 3.14. The molecule has 1 aliphatic heterocycles.